The lowest BCUT2D eigenvalue weighted by Gasteiger charge is -2.38. The van der Waals surface area contributed by atoms with Crippen LogP contribution in [0.25, 0.3) is 0 Å². The molecule has 0 aliphatic heterocycles. The molecule has 0 aromatic heterocycles. The van der Waals surface area contributed by atoms with E-state index < -0.39 is 72.9 Å². The maximum Gasteiger partial charge on any atom is 0.490 e. The largest absolute Gasteiger partial charge is 0.490 e. The third kappa shape index (κ3) is 28.4. The van der Waals surface area contributed by atoms with E-state index in [4.69, 9.17) is 94.9 Å². The van der Waals surface area contributed by atoms with Crippen molar-refractivity contribution < 1.29 is 107 Å². The van der Waals surface area contributed by atoms with Crippen molar-refractivity contribution in [3.8, 4) is 11.5 Å². The Labute approximate surface area is 354 Å². The highest BCUT2D eigenvalue weighted by atomic mass is 19.4. The highest BCUT2D eigenvalue weighted by molar-refractivity contribution is 5.80. The summed E-state index contributed by atoms with van der Waals surface area (Å²) in [6, 6.07) is 13.0. The van der Waals surface area contributed by atoms with Crippen molar-refractivity contribution in [2.24, 2.45) is 65.8 Å². The number of carboxylic acid groups (broad SMARTS) is 4. The first kappa shape index (κ1) is 61.4. The summed E-state index contributed by atoms with van der Waals surface area (Å²) < 4.78 is 139. The van der Waals surface area contributed by atoms with Crippen molar-refractivity contribution in [2.45, 2.75) is 61.8 Å². The molecule has 0 spiro atoms. The molecule has 35 heteroatoms. The first-order chi connectivity index (χ1) is 28.9. The van der Waals surface area contributed by atoms with Crippen molar-refractivity contribution in [1.29, 1.82) is 0 Å². The summed E-state index contributed by atoms with van der Waals surface area (Å²) >= 11 is 0. The zero-order valence-electron chi connectivity index (χ0n) is 32.0. The van der Waals surface area contributed by atoms with Crippen molar-refractivity contribution in [1.82, 2.24) is 0 Å². The number of hydrogen-bond acceptors (Lipinski definition) is 10. The Morgan fingerprint density at radius 3 is 0.831 bits per heavy atom. The van der Waals surface area contributed by atoms with Gasteiger partial charge in [-0.3, -0.25) is 0 Å². The molecule has 3 rings (SSSR count). The van der Waals surface area contributed by atoms with Crippen LogP contribution in [0.4, 0.5) is 64.1 Å². The van der Waals surface area contributed by atoms with Crippen LogP contribution in [0, 0.1) is 0 Å². The van der Waals surface area contributed by atoms with Crippen LogP contribution in [0.1, 0.15) is 12.8 Å². The number of alkyl halides is 12. The van der Waals surface area contributed by atoms with E-state index in [-0.39, 0.29) is 29.3 Å². The number of ether oxygens (including phenoxy) is 2. The van der Waals surface area contributed by atoms with Gasteiger partial charge in [0.25, 0.3) is 0 Å². The van der Waals surface area contributed by atoms with E-state index in [0.29, 0.717) is 35.7 Å². The standard InChI is InChI=1S/C22H32N12O2.4C2HF3O2.H2O/c23-19(24)31-11-1-5-13(6-2-11)35-17-10-18(16(34-22(29)30)9-15(17)33-21(27)28)36-14-7-3-12(4-8-14)32-20(25)26;4*3-2(4,5)1(6)7;/h1-8,15-18H,9-10H2,(H4,23,24,31)(H4,25,26,32)(H4,27,28,33)(H4,29,30,34);4*(H,6,7);1H2/t15-,16+,17-,18+;;;;;. The molecule has 1 aliphatic carbocycles. The molecule has 0 heterocycles. The molecular formula is C30H38F12N12O11. The molecule has 23 nitrogen and oxygen atoms in total. The Kier molecular flexibility index (Phi) is 25.1. The van der Waals surface area contributed by atoms with E-state index in [0.717, 1.165) is 0 Å². The number of nitrogens with two attached hydrogens (primary N) is 8. The predicted octanol–water partition coefficient (Wildman–Crippen LogP) is 0.478. The van der Waals surface area contributed by atoms with Gasteiger partial charge in [-0.2, -0.15) is 52.7 Å². The maximum atomic E-state index is 10.6. The highest BCUT2D eigenvalue weighted by Gasteiger charge is 2.42. The number of carbonyl (C=O) groups is 4. The third-order valence-electron chi connectivity index (χ3n) is 6.17. The summed E-state index contributed by atoms with van der Waals surface area (Å²) in [6.45, 7) is 0. The predicted molar refractivity (Wildman–Crippen MR) is 199 cm³/mol. The van der Waals surface area contributed by atoms with Crippen LogP contribution >= 0.6 is 0 Å². The van der Waals surface area contributed by atoms with Gasteiger partial charge in [0.05, 0.1) is 23.5 Å². The molecule has 368 valence electrons. The minimum atomic E-state index is -5.08. The molecule has 22 N–H and O–H groups in total. The number of aliphatic carboxylic acids is 4. The average molecular weight is 971 g/mol. The van der Waals surface area contributed by atoms with Crippen LogP contribution in [-0.2, 0) is 19.2 Å². The monoisotopic (exact) mass is 970 g/mol. The summed E-state index contributed by atoms with van der Waals surface area (Å²) in [4.78, 5) is 52.3. The number of rotatable bonds is 8. The van der Waals surface area contributed by atoms with Crippen molar-refractivity contribution in [3.63, 3.8) is 0 Å². The van der Waals surface area contributed by atoms with Crippen LogP contribution in [0.5, 0.6) is 11.5 Å². The van der Waals surface area contributed by atoms with Gasteiger partial charge in [-0.15, -0.1) is 0 Å². The Morgan fingerprint density at radius 1 is 0.446 bits per heavy atom. The van der Waals surface area contributed by atoms with Gasteiger partial charge in [-0.05, 0) is 55.0 Å². The highest BCUT2D eigenvalue weighted by Crippen LogP contribution is 2.32. The van der Waals surface area contributed by atoms with Gasteiger partial charge in [-0.25, -0.2) is 39.1 Å². The van der Waals surface area contributed by atoms with E-state index in [1.807, 2.05) is 0 Å². The normalized spacial score (nSPS) is 16.4. The van der Waals surface area contributed by atoms with Gasteiger partial charge < -0.3 is 81.2 Å². The Balaban J connectivity index is -0.00000107. The van der Waals surface area contributed by atoms with Crippen LogP contribution in [0.3, 0.4) is 0 Å². The smallest absolute Gasteiger partial charge is 0.488 e. The molecule has 1 saturated carbocycles. The second-order valence-electron chi connectivity index (χ2n) is 11.3. The molecule has 1 aliphatic rings. The van der Waals surface area contributed by atoms with Crippen LogP contribution in [0.15, 0.2) is 68.5 Å². The fraction of sp³-hybridized carbons (Fsp3) is 0.333. The van der Waals surface area contributed by atoms with Crippen molar-refractivity contribution in [3.05, 3.63) is 48.5 Å². The van der Waals surface area contributed by atoms with E-state index in [9.17, 15) is 52.7 Å². The maximum absolute atomic E-state index is 10.6. The van der Waals surface area contributed by atoms with Crippen molar-refractivity contribution in [2.75, 3.05) is 0 Å². The molecule has 1 fully saturated rings. The Hall–Kier alpha value is -7.88. The minimum absolute atomic E-state index is 0. The van der Waals surface area contributed by atoms with Gasteiger partial charge in [0.15, 0.2) is 23.8 Å². The van der Waals surface area contributed by atoms with Gasteiger partial charge >= 0.3 is 48.6 Å². The fourth-order valence-corrected chi connectivity index (χ4v) is 3.85. The lowest BCUT2D eigenvalue weighted by Crippen LogP contribution is -2.50. The molecule has 0 amide bonds. The number of benzene rings is 2. The zero-order valence-corrected chi connectivity index (χ0v) is 32.0. The van der Waals surface area contributed by atoms with Crippen LogP contribution in [0.2, 0.25) is 0 Å². The van der Waals surface area contributed by atoms with E-state index >= 15 is 0 Å². The second kappa shape index (κ2) is 26.6. The quantitative estimate of drug-likeness (QED) is 0.0972. The molecule has 0 unspecified atom stereocenters. The molecule has 0 radical (unpaired) electrons. The fourth-order valence-electron chi connectivity index (χ4n) is 3.85. The summed E-state index contributed by atoms with van der Waals surface area (Å²) in [7, 11) is 0. The van der Waals surface area contributed by atoms with E-state index in [1.54, 1.807) is 48.5 Å². The topological polar surface area (TPSA) is 457 Å². The van der Waals surface area contributed by atoms with Gasteiger partial charge in [0.1, 0.15) is 23.7 Å². The van der Waals surface area contributed by atoms with Crippen LogP contribution < -0.4 is 55.3 Å². The molecule has 2 aromatic rings. The van der Waals surface area contributed by atoms with E-state index in [1.165, 1.54) is 0 Å². The average Bonchev–Trinajstić information content (AvgIpc) is 3.10. The third-order valence-corrected chi connectivity index (χ3v) is 6.17. The Bertz CT molecular complexity index is 1760. The second-order valence-corrected chi connectivity index (χ2v) is 11.3. The Morgan fingerprint density at radius 2 is 0.662 bits per heavy atom. The molecule has 0 saturated heterocycles. The minimum Gasteiger partial charge on any atom is -0.488 e. The van der Waals surface area contributed by atoms with Crippen LogP contribution in [-0.4, -0.2) is 123 Å². The summed E-state index contributed by atoms with van der Waals surface area (Å²) in [5, 5.41) is 28.5. The summed E-state index contributed by atoms with van der Waals surface area (Å²) in [6.07, 6.45) is -20.5. The molecule has 0 bridgehead atoms. The SMILES string of the molecule is NC(N)=Nc1ccc(O[C@H]2C[C@@H](Oc3ccc(N=C(N)N)cc3)[C@H](N=C(N)N)C[C@@H]2N=C(N)N)cc1.O.O=C(O)C(F)(F)F.O=C(O)C(F)(F)F.O=C(O)C(F)(F)F.O=C(O)C(F)(F)F. The van der Waals surface area contributed by atoms with E-state index in [2.05, 4.69) is 20.0 Å². The van der Waals surface area contributed by atoms with Crippen molar-refractivity contribution >= 4 is 59.1 Å². The lowest BCUT2D eigenvalue weighted by molar-refractivity contribution is -0.193. The van der Waals surface area contributed by atoms with Gasteiger partial charge in [-0.1, -0.05) is 0 Å². The summed E-state index contributed by atoms with van der Waals surface area (Å²) in [5.74, 6) is -10.1. The zero-order chi connectivity index (χ0) is 50.6. The molecule has 65 heavy (non-hydrogen) atoms. The molecule has 4 atom stereocenters. The number of aliphatic imine (C=N–C) groups is 4. The van der Waals surface area contributed by atoms with Gasteiger partial charge in [0, 0.05) is 6.42 Å². The first-order valence-electron chi connectivity index (χ1n) is 16.0. The number of hydrogen-bond donors (Lipinski definition) is 12. The molecular weight excluding hydrogens is 932 g/mol. The number of halogens is 12. The number of carboxylic acids is 4. The summed E-state index contributed by atoms with van der Waals surface area (Å²) in [5.41, 5.74) is 45.6. The van der Waals surface area contributed by atoms with Gasteiger partial charge in [0.2, 0.25) is 0 Å². The number of guanidine groups is 4. The number of nitrogens with zero attached hydrogens (tertiary/aromatic N) is 4. The first-order valence-corrected chi connectivity index (χ1v) is 16.0. The molecule has 2 aromatic carbocycles. The lowest BCUT2D eigenvalue weighted by atomic mass is 9.86.